The highest BCUT2D eigenvalue weighted by molar-refractivity contribution is 6.69. The van der Waals surface area contributed by atoms with Crippen molar-refractivity contribution in [3.63, 3.8) is 0 Å². The van der Waals surface area contributed by atoms with Gasteiger partial charge in [-0.25, -0.2) is 0 Å². The van der Waals surface area contributed by atoms with Gasteiger partial charge in [0.2, 0.25) is 0 Å². The van der Waals surface area contributed by atoms with Crippen molar-refractivity contribution >= 4 is 28.4 Å². The fourth-order valence-electron chi connectivity index (χ4n) is 0.613. The Bertz CT molecular complexity index is 236. The van der Waals surface area contributed by atoms with Gasteiger partial charge in [0, 0.05) is 12.6 Å². The van der Waals surface area contributed by atoms with Crippen LogP contribution in [-0.2, 0) is 0 Å². The summed E-state index contributed by atoms with van der Waals surface area (Å²) in [5, 5.41) is 5.90. The Balaban J connectivity index is 2.49. The van der Waals surface area contributed by atoms with E-state index in [0.29, 0.717) is 16.9 Å². The summed E-state index contributed by atoms with van der Waals surface area (Å²) in [7, 11) is 0. The van der Waals surface area contributed by atoms with E-state index in [-0.39, 0.29) is 0 Å². The molecule has 1 rings (SSSR count). The van der Waals surface area contributed by atoms with Crippen LogP contribution in [-0.4, -0.2) is 16.9 Å². The second kappa shape index (κ2) is 4.35. The molecule has 0 atom stereocenters. The molecule has 0 radical (unpaired) electrons. The summed E-state index contributed by atoms with van der Waals surface area (Å²) < 4.78 is 0. The molecular weight excluding hydrogens is 199 g/mol. The molecule has 0 saturated carbocycles. The molecule has 0 fully saturated rings. The molecular formula is C6H8Cl2N4. The quantitative estimate of drug-likeness (QED) is 0.538. The second-order valence-electron chi connectivity index (χ2n) is 1.99. The molecule has 1 aliphatic rings. The Labute approximate surface area is 80.5 Å². The van der Waals surface area contributed by atoms with E-state index in [4.69, 9.17) is 23.2 Å². The Hall–Kier alpha value is -0.710. The maximum absolute atomic E-state index is 5.66. The van der Waals surface area contributed by atoms with Crippen molar-refractivity contribution in [2.75, 3.05) is 6.54 Å². The molecule has 0 unspecified atom stereocenters. The SMILES string of the molecule is C=CCNN1N=C(Cl)C=C(Cl)N1. The Morgan fingerprint density at radius 1 is 1.75 bits per heavy atom. The summed E-state index contributed by atoms with van der Waals surface area (Å²) >= 11 is 11.3. The van der Waals surface area contributed by atoms with Gasteiger partial charge in [0.1, 0.15) is 5.16 Å². The molecule has 0 aromatic carbocycles. The Morgan fingerprint density at radius 3 is 3.08 bits per heavy atom. The third-order valence-electron chi connectivity index (χ3n) is 1.04. The van der Waals surface area contributed by atoms with Gasteiger partial charge in [-0.15, -0.1) is 16.9 Å². The summed E-state index contributed by atoms with van der Waals surface area (Å²) in [5.74, 6) is 0. The molecule has 12 heavy (non-hydrogen) atoms. The number of allylic oxidation sites excluding steroid dienone is 1. The molecule has 6 heteroatoms. The van der Waals surface area contributed by atoms with Gasteiger partial charge in [-0.1, -0.05) is 29.3 Å². The number of hydrogen-bond donors (Lipinski definition) is 2. The van der Waals surface area contributed by atoms with Gasteiger partial charge in [-0.2, -0.15) is 5.43 Å². The van der Waals surface area contributed by atoms with Crippen LogP contribution >= 0.6 is 23.2 Å². The molecule has 0 aromatic rings. The lowest BCUT2D eigenvalue weighted by Crippen LogP contribution is -2.45. The molecule has 1 heterocycles. The van der Waals surface area contributed by atoms with Gasteiger partial charge >= 0.3 is 0 Å². The number of nitrogens with one attached hydrogen (secondary N) is 2. The van der Waals surface area contributed by atoms with Crippen molar-refractivity contribution in [1.82, 2.24) is 16.1 Å². The molecule has 4 nitrogen and oxygen atoms in total. The van der Waals surface area contributed by atoms with Crippen molar-refractivity contribution in [3.8, 4) is 0 Å². The minimum atomic E-state index is 0.315. The molecule has 0 aliphatic carbocycles. The van der Waals surface area contributed by atoms with Gasteiger partial charge in [0.15, 0.2) is 5.17 Å². The summed E-state index contributed by atoms with van der Waals surface area (Å²) in [6, 6.07) is 0. The minimum Gasteiger partial charge on any atom is -0.256 e. The largest absolute Gasteiger partial charge is 0.256 e. The Kier molecular flexibility index (Phi) is 3.40. The number of rotatable bonds is 3. The fourth-order valence-corrected chi connectivity index (χ4v) is 1.04. The normalized spacial score (nSPS) is 16.3. The average Bonchev–Trinajstić information content (AvgIpc) is 1.99. The van der Waals surface area contributed by atoms with E-state index in [1.165, 1.54) is 11.3 Å². The van der Waals surface area contributed by atoms with Crippen LogP contribution in [0, 0.1) is 0 Å². The first-order valence-corrected chi connectivity index (χ1v) is 4.00. The highest BCUT2D eigenvalue weighted by atomic mass is 35.5. The number of halogens is 2. The number of hydrazone groups is 1. The first kappa shape index (κ1) is 9.38. The molecule has 0 spiro atoms. The van der Waals surface area contributed by atoms with E-state index in [1.807, 2.05) is 0 Å². The van der Waals surface area contributed by atoms with E-state index in [0.717, 1.165) is 0 Å². The molecule has 0 aromatic heterocycles. The zero-order valence-electron chi connectivity index (χ0n) is 6.22. The van der Waals surface area contributed by atoms with Gasteiger partial charge in [0.05, 0.1) is 0 Å². The minimum absolute atomic E-state index is 0.315. The van der Waals surface area contributed by atoms with Gasteiger partial charge in [-0.3, -0.25) is 5.43 Å². The predicted octanol–water partition coefficient (Wildman–Crippen LogP) is 1.13. The molecule has 66 valence electrons. The van der Waals surface area contributed by atoms with Gasteiger partial charge in [-0.05, 0) is 0 Å². The lowest BCUT2D eigenvalue weighted by Gasteiger charge is -2.22. The number of hydrogen-bond acceptors (Lipinski definition) is 4. The molecule has 0 saturated heterocycles. The number of nitrogens with zero attached hydrogens (tertiary/aromatic N) is 2. The fraction of sp³-hybridized carbons (Fsp3) is 0.167. The second-order valence-corrected chi connectivity index (χ2v) is 2.78. The van der Waals surface area contributed by atoms with Gasteiger partial charge < -0.3 is 0 Å². The molecule has 2 N–H and O–H groups in total. The van der Waals surface area contributed by atoms with E-state index < -0.39 is 0 Å². The lowest BCUT2D eigenvalue weighted by atomic mass is 10.6. The van der Waals surface area contributed by atoms with Crippen molar-refractivity contribution in [1.29, 1.82) is 0 Å². The highest BCUT2D eigenvalue weighted by Gasteiger charge is 2.07. The first-order chi connectivity index (χ1) is 5.72. The third-order valence-corrected chi connectivity index (χ3v) is 1.42. The lowest BCUT2D eigenvalue weighted by molar-refractivity contribution is 0.151. The monoisotopic (exact) mass is 206 g/mol. The molecule has 0 bridgehead atoms. The third kappa shape index (κ3) is 2.73. The van der Waals surface area contributed by atoms with E-state index in [2.05, 4.69) is 22.5 Å². The summed E-state index contributed by atoms with van der Waals surface area (Å²) in [6.45, 7) is 4.11. The van der Waals surface area contributed by atoms with E-state index >= 15 is 0 Å². The predicted molar refractivity (Wildman–Crippen MR) is 50.4 cm³/mol. The van der Waals surface area contributed by atoms with Crippen LogP contribution in [0.5, 0.6) is 0 Å². The maximum atomic E-state index is 5.66. The van der Waals surface area contributed by atoms with Crippen molar-refractivity contribution < 1.29 is 0 Å². The van der Waals surface area contributed by atoms with Crippen LogP contribution in [0.3, 0.4) is 0 Å². The number of hydrazine groups is 2. The molecule has 1 aliphatic heterocycles. The zero-order valence-corrected chi connectivity index (χ0v) is 7.73. The zero-order chi connectivity index (χ0) is 8.97. The van der Waals surface area contributed by atoms with Crippen LogP contribution in [0.15, 0.2) is 29.0 Å². The van der Waals surface area contributed by atoms with Crippen LogP contribution in [0.4, 0.5) is 0 Å². The maximum Gasteiger partial charge on any atom is 0.155 e. The average molecular weight is 207 g/mol. The highest BCUT2D eigenvalue weighted by Crippen LogP contribution is 2.05. The Morgan fingerprint density at radius 2 is 2.50 bits per heavy atom. The summed E-state index contributed by atoms with van der Waals surface area (Å²) in [5.41, 5.74) is 5.55. The van der Waals surface area contributed by atoms with Crippen LogP contribution < -0.4 is 10.9 Å². The standard InChI is InChI=1S/C6H8Cl2N4/c1-2-3-9-12-10-5(7)4-6(8)11-12/h2,4,9-10H,1,3H2. The van der Waals surface area contributed by atoms with Crippen LogP contribution in [0.25, 0.3) is 0 Å². The molecule has 0 amide bonds. The smallest absolute Gasteiger partial charge is 0.155 e. The van der Waals surface area contributed by atoms with Gasteiger partial charge in [0.25, 0.3) is 0 Å². The summed E-state index contributed by atoms with van der Waals surface area (Å²) in [6.07, 6.45) is 3.20. The topological polar surface area (TPSA) is 39.7 Å². The summed E-state index contributed by atoms with van der Waals surface area (Å²) in [4.78, 5) is 0. The van der Waals surface area contributed by atoms with Crippen molar-refractivity contribution in [2.24, 2.45) is 5.10 Å². The van der Waals surface area contributed by atoms with Crippen LogP contribution in [0.1, 0.15) is 0 Å². The van der Waals surface area contributed by atoms with E-state index in [9.17, 15) is 0 Å². The first-order valence-electron chi connectivity index (χ1n) is 3.25. The van der Waals surface area contributed by atoms with Crippen molar-refractivity contribution in [3.05, 3.63) is 23.9 Å². The van der Waals surface area contributed by atoms with Crippen LogP contribution in [0.2, 0.25) is 0 Å². The van der Waals surface area contributed by atoms with E-state index in [1.54, 1.807) is 6.08 Å². The van der Waals surface area contributed by atoms with Crippen molar-refractivity contribution in [2.45, 2.75) is 0 Å².